The Balaban J connectivity index is 1.90. The van der Waals surface area contributed by atoms with Gasteiger partial charge in [-0.05, 0) is 38.1 Å². The fraction of sp³-hybridized carbons (Fsp3) is 0.824. The van der Waals surface area contributed by atoms with Gasteiger partial charge in [0.25, 0.3) is 0 Å². The third-order valence-electron chi connectivity index (χ3n) is 5.12. The van der Waals surface area contributed by atoms with Crippen molar-refractivity contribution in [2.75, 3.05) is 6.54 Å². The number of alkyl halides is 3. The first-order chi connectivity index (χ1) is 11.3. The second-order valence-electron chi connectivity index (χ2n) is 6.93. The fourth-order valence-electron chi connectivity index (χ4n) is 3.67. The number of imidazole rings is 1. The zero-order valence-electron chi connectivity index (χ0n) is 14.4. The zero-order chi connectivity index (χ0) is 17.8. The number of aryl methyl sites for hydroxylation is 1. The minimum atomic E-state index is -4.76. The molecule has 1 atom stereocenters. The summed E-state index contributed by atoms with van der Waals surface area (Å²) in [6.07, 6.45) is 4.17. The third-order valence-corrected chi connectivity index (χ3v) is 5.12. The molecule has 1 unspecified atom stereocenters. The van der Waals surface area contributed by atoms with Gasteiger partial charge in [-0.25, -0.2) is 4.98 Å². The van der Waals surface area contributed by atoms with Crippen LogP contribution in [-0.2, 0) is 12.6 Å². The van der Waals surface area contributed by atoms with Gasteiger partial charge in [0, 0.05) is 31.9 Å². The molecule has 0 amide bonds. The second kappa shape index (κ2) is 7.87. The summed E-state index contributed by atoms with van der Waals surface area (Å²) in [5.41, 5.74) is -2.92. The Labute approximate surface area is 141 Å². The number of aliphatic hydroxyl groups is 1. The Morgan fingerprint density at radius 1 is 1.29 bits per heavy atom. The Hall–Kier alpha value is -1.08. The average molecular weight is 347 g/mol. The van der Waals surface area contributed by atoms with Crippen LogP contribution in [0.15, 0.2) is 12.4 Å². The lowest BCUT2D eigenvalue weighted by atomic mass is 9.83. The molecule has 1 aliphatic carbocycles. The minimum Gasteiger partial charge on any atom is -0.374 e. The molecule has 2 rings (SSSR count). The van der Waals surface area contributed by atoms with Gasteiger partial charge in [-0.3, -0.25) is 0 Å². The molecule has 24 heavy (non-hydrogen) atoms. The highest BCUT2D eigenvalue weighted by molar-refractivity contribution is 5.08. The Morgan fingerprint density at radius 2 is 1.96 bits per heavy atom. The maximum absolute atomic E-state index is 13.4. The van der Waals surface area contributed by atoms with Crippen LogP contribution in [0.5, 0.6) is 0 Å². The molecule has 0 aromatic carbocycles. The summed E-state index contributed by atoms with van der Waals surface area (Å²) in [5.74, 6) is 0.399. The van der Waals surface area contributed by atoms with Crippen molar-refractivity contribution in [3.8, 4) is 0 Å². The number of aromatic nitrogens is 2. The number of hydrogen-bond acceptors (Lipinski definition) is 3. The molecule has 1 saturated carbocycles. The number of rotatable bonds is 7. The molecular weight excluding hydrogens is 319 g/mol. The van der Waals surface area contributed by atoms with Crippen LogP contribution in [0.1, 0.15) is 57.7 Å². The van der Waals surface area contributed by atoms with Crippen LogP contribution in [0.4, 0.5) is 13.2 Å². The highest BCUT2D eigenvalue weighted by Gasteiger charge is 2.57. The summed E-state index contributed by atoms with van der Waals surface area (Å²) < 4.78 is 41.5. The first kappa shape index (κ1) is 19.2. The van der Waals surface area contributed by atoms with E-state index in [1.165, 1.54) is 36.9 Å². The predicted molar refractivity (Wildman–Crippen MR) is 86.4 cm³/mol. The Bertz CT molecular complexity index is 509. The van der Waals surface area contributed by atoms with Gasteiger partial charge in [0.15, 0.2) is 0 Å². The smallest absolute Gasteiger partial charge is 0.374 e. The molecule has 1 aliphatic rings. The van der Waals surface area contributed by atoms with Crippen LogP contribution in [0.3, 0.4) is 0 Å². The van der Waals surface area contributed by atoms with E-state index < -0.39 is 18.2 Å². The molecule has 4 nitrogen and oxygen atoms in total. The molecule has 1 heterocycles. The lowest BCUT2D eigenvalue weighted by molar-refractivity contribution is -0.272. The van der Waals surface area contributed by atoms with Crippen LogP contribution < -0.4 is 5.32 Å². The standard InChI is InChI=1S/C17H28F3N3O/c1-3-4-13-5-7-14(8-6-13)21-10-9-16(24,17(18,19)20)15-22-11-12-23(15)2/h11-14,21,24H,3-10H2,1-2H3. The maximum atomic E-state index is 13.4. The van der Waals surface area contributed by atoms with Crippen molar-refractivity contribution in [2.45, 2.75) is 69.7 Å². The highest BCUT2D eigenvalue weighted by atomic mass is 19.4. The van der Waals surface area contributed by atoms with E-state index in [2.05, 4.69) is 17.2 Å². The van der Waals surface area contributed by atoms with Gasteiger partial charge in [-0.1, -0.05) is 19.8 Å². The molecule has 1 aromatic heterocycles. The van der Waals surface area contributed by atoms with Crippen LogP contribution in [-0.4, -0.2) is 33.4 Å². The first-order valence-corrected chi connectivity index (χ1v) is 8.78. The minimum absolute atomic E-state index is 0.117. The number of hydrogen-bond donors (Lipinski definition) is 2. The van der Waals surface area contributed by atoms with Gasteiger partial charge in [-0.2, -0.15) is 13.2 Å². The van der Waals surface area contributed by atoms with Gasteiger partial charge in [0.05, 0.1) is 0 Å². The first-order valence-electron chi connectivity index (χ1n) is 8.78. The van der Waals surface area contributed by atoms with Crippen LogP contribution in [0, 0.1) is 5.92 Å². The molecule has 2 N–H and O–H groups in total. The molecule has 1 fully saturated rings. The SMILES string of the molecule is CCCC1CCC(NCCC(O)(c2nccn2C)C(F)(F)F)CC1. The number of nitrogens with one attached hydrogen (secondary N) is 1. The molecular formula is C17H28F3N3O. The van der Waals surface area contributed by atoms with Crippen LogP contribution in [0.25, 0.3) is 0 Å². The Kier molecular flexibility index (Phi) is 6.31. The van der Waals surface area contributed by atoms with Crippen molar-refractivity contribution in [1.29, 1.82) is 0 Å². The average Bonchev–Trinajstić information content (AvgIpc) is 2.94. The van der Waals surface area contributed by atoms with Crippen molar-refractivity contribution in [1.82, 2.24) is 14.9 Å². The van der Waals surface area contributed by atoms with Crippen molar-refractivity contribution >= 4 is 0 Å². The normalized spacial score (nSPS) is 24.8. The van der Waals surface area contributed by atoms with Gasteiger partial charge >= 0.3 is 6.18 Å². The van der Waals surface area contributed by atoms with E-state index in [0.717, 1.165) is 31.6 Å². The van der Waals surface area contributed by atoms with Gasteiger partial charge in [0.2, 0.25) is 5.60 Å². The van der Waals surface area contributed by atoms with E-state index >= 15 is 0 Å². The van der Waals surface area contributed by atoms with Crippen molar-refractivity contribution in [2.24, 2.45) is 13.0 Å². The quantitative estimate of drug-likeness (QED) is 0.794. The summed E-state index contributed by atoms with van der Waals surface area (Å²) in [7, 11) is 1.46. The molecule has 1 aromatic rings. The summed E-state index contributed by atoms with van der Waals surface area (Å²) in [5, 5.41) is 13.5. The highest BCUT2D eigenvalue weighted by Crippen LogP contribution is 2.40. The van der Waals surface area contributed by atoms with E-state index in [0.29, 0.717) is 0 Å². The van der Waals surface area contributed by atoms with E-state index in [-0.39, 0.29) is 18.4 Å². The topological polar surface area (TPSA) is 50.1 Å². The number of nitrogens with zero attached hydrogens (tertiary/aromatic N) is 2. The van der Waals surface area contributed by atoms with Crippen molar-refractivity contribution < 1.29 is 18.3 Å². The number of halogens is 3. The van der Waals surface area contributed by atoms with Gasteiger partial charge < -0.3 is 15.0 Å². The Morgan fingerprint density at radius 3 is 2.46 bits per heavy atom. The summed E-state index contributed by atoms with van der Waals surface area (Å²) in [6.45, 7) is 2.30. The monoisotopic (exact) mass is 347 g/mol. The van der Waals surface area contributed by atoms with Crippen molar-refractivity contribution in [3.05, 3.63) is 18.2 Å². The lowest BCUT2D eigenvalue weighted by Crippen LogP contribution is -2.47. The summed E-state index contributed by atoms with van der Waals surface area (Å²) in [4.78, 5) is 3.72. The molecule has 0 bridgehead atoms. The van der Waals surface area contributed by atoms with E-state index in [1.54, 1.807) is 0 Å². The second-order valence-corrected chi connectivity index (χ2v) is 6.93. The van der Waals surface area contributed by atoms with E-state index in [9.17, 15) is 18.3 Å². The summed E-state index contributed by atoms with van der Waals surface area (Å²) >= 11 is 0. The van der Waals surface area contributed by atoms with Crippen LogP contribution >= 0.6 is 0 Å². The van der Waals surface area contributed by atoms with E-state index in [4.69, 9.17) is 0 Å². The van der Waals surface area contributed by atoms with Crippen LogP contribution in [0.2, 0.25) is 0 Å². The third kappa shape index (κ3) is 4.30. The van der Waals surface area contributed by atoms with Gasteiger partial charge in [0.1, 0.15) is 5.82 Å². The summed E-state index contributed by atoms with van der Waals surface area (Å²) in [6, 6.07) is 0.247. The molecule has 0 radical (unpaired) electrons. The lowest BCUT2D eigenvalue weighted by Gasteiger charge is -2.32. The predicted octanol–water partition coefficient (Wildman–Crippen LogP) is 3.51. The molecule has 0 saturated heterocycles. The molecule has 0 spiro atoms. The fourth-order valence-corrected chi connectivity index (χ4v) is 3.67. The largest absolute Gasteiger partial charge is 0.424 e. The molecule has 7 heteroatoms. The van der Waals surface area contributed by atoms with Crippen molar-refractivity contribution in [3.63, 3.8) is 0 Å². The van der Waals surface area contributed by atoms with E-state index in [1.807, 2.05) is 0 Å². The maximum Gasteiger partial charge on any atom is 0.424 e. The molecule has 138 valence electrons. The zero-order valence-corrected chi connectivity index (χ0v) is 14.4. The molecule has 0 aliphatic heterocycles. The van der Waals surface area contributed by atoms with Gasteiger partial charge in [-0.15, -0.1) is 0 Å².